The fraction of sp³-hybridized carbons (Fsp3) is 0.417. The Hall–Kier alpha value is -1.35. The van der Waals surface area contributed by atoms with Gasteiger partial charge in [-0.2, -0.15) is 0 Å². The predicted octanol–water partition coefficient (Wildman–Crippen LogP) is 2.05. The summed E-state index contributed by atoms with van der Waals surface area (Å²) in [6.07, 6.45) is 1.74. The van der Waals surface area contributed by atoms with E-state index in [1.165, 1.54) is 7.11 Å². The fourth-order valence-electron chi connectivity index (χ4n) is 1.45. The van der Waals surface area contributed by atoms with E-state index < -0.39 is 0 Å². The van der Waals surface area contributed by atoms with Gasteiger partial charge in [-0.15, -0.1) is 0 Å². The van der Waals surface area contributed by atoms with Gasteiger partial charge >= 0.3 is 5.97 Å². The van der Waals surface area contributed by atoms with Crippen molar-refractivity contribution < 1.29 is 14.3 Å². The van der Waals surface area contributed by atoms with E-state index in [2.05, 4.69) is 0 Å². The van der Waals surface area contributed by atoms with Crippen molar-refractivity contribution in [3.8, 4) is 0 Å². The number of ether oxygens (including phenoxy) is 2. The topological polar surface area (TPSA) is 35.5 Å². The second kappa shape index (κ2) is 6.19. The van der Waals surface area contributed by atoms with E-state index in [1.54, 1.807) is 13.2 Å². The minimum Gasteiger partial charge on any atom is -0.465 e. The van der Waals surface area contributed by atoms with Gasteiger partial charge < -0.3 is 9.47 Å². The van der Waals surface area contributed by atoms with E-state index >= 15 is 0 Å². The summed E-state index contributed by atoms with van der Waals surface area (Å²) < 4.78 is 9.69. The molecule has 1 aromatic carbocycles. The number of benzene rings is 1. The fourth-order valence-corrected chi connectivity index (χ4v) is 1.45. The van der Waals surface area contributed by atoms with E-state index in [1.807, 2.05) is 18.2 Å². The van der Waals surface area contributed by atoms with Crippen LogP contribution in [0.4, 0.5) is 0 Å². The van der Waals surface area contributed by atoms with Gasteiger partial charge in [0, 0.05) is 13.7 Å². The molecule has 0 heterocycles. The minimum atomic E-state index is -0.275. The van der Waals surface area contributed by atoms with Crippen molar-refractivity contribution in [3.05, 3.63) is 35.4 Å². The number of methoxy groups -OCH3 is 2. The van der Waals surface area contributed by atoms with Gasteiger partial charge in [-0.3, -0.25) is 0 Å². The highest BCUT2D eigenvalue weighted by Crippen LogP contribution is 2.12. The smallest absolute Gasteiger partial charge is 0.338 e. The zero-order chi connectivity index (χ0) is 11.1. The number of hydrogen-bond acceptors (Lipinski definition) is 3. The quantitative estimate of drug-likeness (QED) is 0.548. The van der Waals surface area contributed by atoms with Crippen LogP contribution >= 0.6 is 0 Å². The number of rotatable bonds is 5. The van der Waals surface area contributed by atoms with Crippen LogP contribution in [0.3, 0.4) is 0 Å². The van der Waals surface area contributed by atoms with Crippen molar-refractivity contribution in [2.45, 2.75) is 12.8 Å². The van der Waals surface area contributed by atoms with Gasteiger partial charge in [0.05, 0.1) is 12.7 Å². The molecule has 0 saturated carbocycles. The molecule has 3 heteroatoms. The molecule has 0 aliphatic rings. The van der Waals surface area contributed by atoms with Crippen LogP contribution in [0.1, 0.15) is 22.3 Å². The third-order valence-corrected chi connectivity index (χ3v) is 2.22. The van der Waals surface area contributed by atoms with Crippen molar-refractivity contribution in [1.29, 1.82) is 0 Å². The molecule has 0 unspecified atom stereocenters. The summed E-state index contributed by atoms with van der Waals surface area (Å²) in [5, 5.41) is 0. The zero-order valence-electron chi connectivity index (χ0n) is 9.16. The molecule has 3 nitrogen and oxygen atoms in total. The summed E-state index contributed by atoms with van der Waals surface area (Å²) >= 11 is 0. The molecule has 0 saturated heterocycles. The van der Waals surface area contributed by atoms with Gasteiger partial charge in [-0.1, -0.05) is 18.2 Å². The maximum Gasteiger partial charge on any atom is 0.338 e. The van der Waals surface area contributed by atoms with Crippen LogP contribution in [-0.4, -0.2) is 26.8 Å². The standard InChI is InChI=1S/C12H16O3/c1-14-9-5-7-10-6-3-4-8-11(10)12(13)15-2/h3-4,6,8H,5,7,9H2,1-2H3. The van der Waals surface area contributed by atoms with Gasteiger partial charge in [0.15, 0.2) is 0 Å². The van der Waals surface area contributed by atoms with Crippen LogP contribution < -0.4 is 0 Å². The first-order chi connectivity index (χ1) is 7.29. The molecule has 0 aromatic heterocycles. The molecule has 0 atom stereocenters. The molecule has 0 fully saturated rings. The summed E-state index contributed by atoms with van der Waals surface area (Å²) in [4.78, 5) is 11.4. The normalized spacial score (nSPS) is 10.0. The average molecular weight is 208 g/mol. The van der Waals surface area contributed by atoms with Crippen LogP contribution in [-0.2, 0) is 15.9 Å². The second-order valence-electron chi connectivity index (χ2n) is 3.25. The molecule has 0 amide bonds. The van der Waals surface area contributed by atoms with Crippen molar-refractivity contribution >= 4 is 5.97 Å². The maximum atomic E-state index is 11.4. The number of carbonyl (C=O) groups is 1. The highest BCUT2D eigenvalue weighted by molar-refractivity contribution is 5.90. The Balaban J connectivity index is 2.73. The number of hydrogen-bond donors (Lipinski definition) is 0. The molecule has 15 heavy (non-hydrogen) atoms. The minimum absolute atomic E-state index is 0.275. The van der Waals surface area contributed by atoms with E-state index in [0.29, 0.717) is 12.2 Å². The van der Waals surface area contributed by atoms with E-state index in [4.69, 9.17) is 9.47 Å². The Labute approximate surface area is 90.0 Å². The molecule has 0 N–H and O–H groups in total. The van der Waals surface area contributed by atoms with Crippen molar-refractivity contribution in [2.75, 3.05) is 20.8 Å². The number of aryl methyl sites for hydroxylation is 1. The van der Waals surface area contributed by atoms with E-state index in [0.717, 1.165) is 18.4 Å². The monoisotopic (exact) mass is 208 g/mol. The van der Waals surface area contributed by atoms with E-state index in [9.17, 15) is 4.79 Å². The van der Waals surface area contributed by atoms with Crippen LogP contribution in [0.25, 0.3) is 0 Å². The first-order valence-corrected chi connectivity index (χ1v) is 4.94. The first-order valence-electron chi connectivity index (χ1n) is 4.94. The van der Waals surface area contributed by atoms with Crippen molar-refractivity contribution in [1.82, 2.24) is 0 Å². The second-order valence-corrected chi connectivity index (χ2v) is 3.25. The molecule has 0 radical (unpaired) electrons. The molecule has 0 aliphatic carbocycles. The summed E-state index contributed by atoms with van der Waals surface area (Å²) in [5.41, 5.74) is 1.66. The molecule has 82 valence electrons. The maximum absolute atomic E-state index is 11.4. The Kier molecular flexibility index (Phi) is 4.84. The lowest BCUT2D eigenvalue weighted by Gasteiger charge is -2.06. The zero-order valence-corrected chi connectivity index (χ0v) is 9.16. The van der Waals surface area contributed by atoms with Crippen LogP contribution in [0.15, 0.2) is 24.3 Å². The molecule has 1 aromatic rings. The van der Waals surface area contributed by atoms with Crippen LogP contribution in [0.2, 0.25) is 0 Å². The summed E-state index contributed by atoms with van der Waals surface area (Å²) in [6.45, 7) is 0.704. The first kappa shape index (κ1) is 11.7. The molecule has 0 bridgehead atoms. The van der Waals surface area contributed by atoms with E-state index in [-0.39, 0.29) is 5.97 Å². The van der Waals surface area contributed by atoms with Gasteiger partial charge in [0.1, 0.15) is 0 Å². The molecule has 0 aliphatic heterocycles. The molecular weight excluding hydrogens is 192 g/mol. The largest absolute Gasteiger partial charge is 0.465 e. The summed E-state index contributed by atoms with van der Waals surface area (Å²) in [6, 6.07) is 7.50. The third kappa shape index (κ3) is 3.36. The van der Waals surface area contributed by atoms with Gasteiger partial charge in [-0.25, -0.2) is 4.79 Å². The Bertz CT molecular complexity index is 320. The lowest BCUT2D eigenvalue weighted by molar-refractivity contribution is 0.0599. The van der Waals surface area contributed by atoms with Gasteiger partial charge in [0.2, 0.25) is 0 Å². The summed E-state index contributed by atoms with van der Waals surface area (Å²) in [5.74, 6) is -0.275. The number of carbonyl (C=O) groups excluding carboxylic acids is 1. The Morgan fingerprint density at radius 1 is 1.27 bits per heavy atom. The van der Waals surface area contributed by atoms with Crippen LogP contribution in [0, 0.1) is 0 Å². The third-order valence-electron chi connectivity index (χ3n) is 2.22. The van der Waals surface area contributed by atoms with Gasteiger partial charge in [0.25, 0.3) is 0 Å². The molecular formula is C12H16O3. The summed E-state index contributed by atoms with van der Waals surface area (Å²) in [7, 11) is 3.07. The molecule has 0 spiro atoms. The highest BCUT2D eigenvalue weighted by atomic mass is 16.5. The lowest BCUT2D eigenvalue weighted by Crippen LogP contribution is -2.06. The van der Waals surface area contributed by atoms with Crippen LogP contribution in [0.5, 0.6) is 0 Å². The van der Waals surface area contributed by atoms with Gasteiger partial charge in [-0.05, 0) is 24.5 Å². The van der Waals surface area contributed by atoms with Crippen molar-refractivity contribution in [3.63, 3.8) is 0 Å². The van der Waals surface area contributed by atoms with Crippen molar-refractivity contribution in [2.24, 2.45) is 0 Å². The highest BCUT2D eigenvalue weighted by Gasteiger charge is 2.09. The lowest BCUT2D eigenvalue weighted by atomic mass is 10.0. The SMILES string of the molecule is COCCCc1ccccc1C(=O)OC. The number of esters is 1. The average Bonchev–Trinajstić information content (AvgIpc) is 2.29. The Morgan fingerprint density at radius 3 is 2.67 bits per heavy atom. The predicted molar refractivity (Wildman–Crippen MR) is 58.0 cm³/mol. The Morgan fingerprint density at radius 2 is 2.00 bits per heavy atom. The molecule has 1 rings (SSSR count).